The molecule has 0 radical (unpaired) electrons. The third-order valence-corrected chi connectivity index (χ3v) is 13.5. The third-order valence-electron chi connectivity index (χ3n) is 13.0. The van der Waals surface area contributed by atoms with Crippen LogP contribution < -0.4 is 20.0 Å². The highest BCUT2D eigenvalue weighted by atomic mass is 35.5. The van der Waals surface area contributed by atoms with Crippen molar-refractivity contribution in [3.05, 3.63) is 142 Å². The van der Waals surface area contributed by atoms with Gasteiger partial charge in [0.25, 0.3) is 11.8 Å². The molecule has 2 N–H and O–H groups in total. The Morgan fingerprint density at radius 1 is 0.894 bits per heavy atom. The number of aromatic hydroxyl groups is 1. The van der Waals surface area contributed by atoms with Gasteiger partial charge in [-0.25, -0.2) is 4.98 Å². The van der Waals surface area contributed by atoms with Crippen LogP contribution in [0, 0.1) is 23.7 Å². The molecule has 1 aromatic heterocycles. The van der Waals surface area contributed by atoms with Gasteiger partial charge in [0.15, 0.2) is 17.3 Å². The van der Waals surface area contributed by atoms with Crippen LogP contribution in [-0.2, 0) is 30.8 Å². The van der Waals surface area contributed by atoms with Crippen molar-refractivity contribution in [3.63, 3.8) is 0 Å². The number of benzene rings is 4. The van der Waals surface area contributed by atoms with Gasteiger partial charge in [0, 0.05) is 42.5 Å². The summed E-state index contributed by atoms with van der Waals surface area (Å²) in [6.07, 6.45) is -2.45. The molecule has 9 rings (SSSR count). The number of nitrogens with zero attached hydrogens (tertiary/aromatic N) is 6. The quantitative estimate of drug-likeness (QED) is 0.0790. The highest BCUT2D eigenvalue weighted by Crippen LogP contribution is 2.65. The van der Waals surface area contributed by atoms with E-state index < -0.39 is 81.2 Å². The zero-order valence-electron chi connectivity index (χ0n) is 35.5. The molecule has 2 aliphatic carbocycles. The summed E-state index contributed by atoms with van der Waals surface area (Å²) >= 11 is 12.7. The van der Waals surface area contributed by atoms with Gasteiger partial charge < -0.3 is 14.7 Å². The molecular formula is C48H40Cl2F3N7O6. The number of halogens is 5. The number of nitrogens with one attached hydrogen (secondary N) is 1. The monoisotopic (exact) mass is 937 g/mol. The number of phenolic OH excluding ortho intramolecular Hbond substituents is 1. The maximum atomic E-state index is 15.5. The molecule has 2 saturated heterocycles. The summed E-state index contributed by atoms with van der Waals surface area (Å²) in [6.45, 7) is 1.91. The lowest BCUT2D eigenvalue weighted by atomic mass is 9.49. The van der Waals surface area contributed by atoms with Crippen molar-refractivity contribution in [1.29, 1.82) is 0 Å². The van der Waals surface area contributed by atoms with E-state index in [0.29, 0.717) is 50.5 Å². The molecule has 4 aromatic carbocycles. The Labute approximate surface area is 386 Å². The van der Waals surface area contributed by atoms with Gasteiger partial charge in [-0.2, -0.15) is 28.4 Å². The van der Waals surface area contributed by atoms with Crippen LogP contribution in [0.3, 0.4) is 0 Å². The number of azo groups is 1. The molecular weight excluding hydrogens is 898 g/mol. The molecule has 66 heavy (non-hydrogen) atoms. The number of allylic oxidation sites excluding steroid dienone is 2. The van der Waals surface area contributed by atoms with Crippen molar-refractivity contribution in [2.45, 2.75) is 37.3 Å². The van der Waals surface area contributed by atoms with E-state index in [1.54, 1.807) is 73.7 Å². The molecule has 3 heterocycles. The lowest BCUT2D eigenvalue weighted by Gasteiger charge is -2.50. The summed E-state index contributed by atoms with van der Waals surface area (Å²) in [5, 5.41) is 21.2. The van der Waals surface area contributed by atoms with Gasteiger partial charge in [0.1, 0.15) is 0 Å². The van der Waals surface area contributed by atoms with E-state index in [2.05, 4.69) is 20.6 Å². The van der Waals surface area contributed by atoms with Crippen LogP contribution in [-0.4, -0.2) is 59.4 Å². The van der Waals surface area contributed by atoms with Gasteiger partial charge in [-0.05, 0) is 104 Å². The predicted molar refractivity (Wildman–Crippen MR) is 240 cm³/mol. The number of carbonyl (C=O) groups is 4. The Hall–Kier alpha value is -6.78. The first-order valence-electron chi connectivity index (χ1n) is 21.0. The van der Waals surface area contributed by atoms with Gasteiger partial charge in [-0.1, -0.05) is 59.1 Å². The van der Waals surface area contributed by atoms with E-state index in [9.17, 15) is 27.9 Å². The van der Waals surface area contributed by atoms with Crippen molar-refractivity contribution in [3.8, 4) is 11.5 Å². The van der Waals surface area contributed by atoms with Gasteiger partial charge in [-0.15, -0.1) is 0 Å². The number of alkyl halides is 3. The molecule has 0 spiro atoms. The number of hydrazine groups is 1. The number of phenols is 1. The Kier molecular flexibility index (Phi) is 11.4. The Balaban J connectivity index is 1.13. The Bertz CT molecular complexity index is 2840. The second-order valence-electron chi connectivity index (χ2n) is 16.7. The SMILES string of the molecule is CCOc1cccc(C2C3=CCC4C(=O)N(c5ccc(N=Nc6ccc(N(C)C)cc6)cc5)C(=O)C4C3CC3C(=O)N(Nc4ncc(C(F)(F)F)cc4Cl)C(=O)C32c2ccc(Cl)cc2)c1O. The number of pyridine rings is 1. The fraction of sp³-hybridized carbons (Fsp3) is 0.271. The number of fused-ring (bicyclic) bond motifs is 4. The minimum absolute atomic E-state index is 0.0927. The summed E-state index contributed by atoms with van der Waals surface area (Å²) < 4.78 is 46.6. The molecule has 5 aromatic rings. The van der Waals surface area contributed by atoms with Crippen molar-refractivity contribution < 1.29 is 42.2 Å². The predicted octanol–water partition coefficient (Wildman–Crippen LogP) is 10.2. The smallest absolute Gasteiger partial charge is 0.417 e. The van der Waals surface area contributed by atoms with Crippen LogP contribution in [0.1, 0.15) is 42.4 Å². The number of imide groups is 2. The van der Waals surface area contributed by atoms with E-state index in [1.807, 2.05) is 49.3 Å². The molecule has 1 saturated carbocycles. The van der Waals surface area contributed by atoms with Crippen molar-refractivity contribution in [2.24, 2.45) is 33.9 Å². The summed E-state index contributed by atoms with van der Waals surface area (Å²) in [6, 6.07) is 25.8. The second-order valence-corrected chi connectivity index (χ2v) is 17.5. The first-order valence-corrected chi connectivity index (χ1v) is 21.8. The van der Waals surface area contributed by atoms with E-state index in [0.717, 1.165) is 10.6 Å². The summed E-state index contributed by atoms with van der Waals surface area (Å²) in [7, 11) is 3.87. The van der Waals surface area contributed by atoms with Crippen LogP contribution in [0.25, 0.3) is 0 Å². The fourth-order valence-electron chi connectivity index (χ4n) is 10.0. The number of aromatic nitrogens is 1. The molecule has 4 amide bonds. The minimum Gasteiger partial charge on any atom is -0.504 e. The normalized spacial score (nSPS) is 23.8. The fourth-order valence-corrected chi connectivity index (χ4v) is 10.4. The van der Waals surface area contributed by atoms with Crippen LogP contribution in [0.4, 0.5) is 41.7 Å². The number of hydrogen-bond donors (Lipinski definition) is 2. The van der Waals surface area contributed by atoms with E-state index in [-0.39, 0.29) is 36.5 Å². The van der Waals surface area contributed by atoms with Gasteiger partial charge >= 0.3 is 6.18 Å². The second kappa shape index (κ2) is 16.9. The maximum Gasteiger partial charge on any atom is 0.417 e. The van der Waals surface area contributed by atoms with Gasteiger partial charge in [-0.3, -0.25) is 29.5 Å². The number of rotatable bonds is 10. The molecule has 338 valence electrons. The van der Waals surface area contributed by atoms with Crippen LogP contribution in [0.15, 0.2) is 125 Å². The number of anilines is 3. The topological polar surface area (TPSA) is 157 Å². The Morgan fingerprint density at radius 2 is 1.56 bits per heavy atom. The third kappa shape index (κ3) is 7.32. The van der Waals surface area contributed by atoms with Gasteiger partial charge in [0.05, 0.1) is 57.4 Å². The van der Waals surface area contributed by atoms with Crippen molar-refractivity contribution in [1.82, 2.24) is 9.99 Å². The molecule has 4 aliphatic rings. The molecule has 0 bridgehead atoms. The first kappa shape index (κ1) is 44.4. The summed E-state index contributed by atoms with van der Waals surface area (Å²) in [4.78, 5) is 66.8. The minimum atomic E-state index is -4.78. The number of amides is 4. The van der Waals surface area contributed by atoms with Crippen LogP contribution >= 0.6 is 23.2 Å². The van der Waals surface area contributed by atoms with E-state index >= 15 is 9.59 Å². The van der Waals surface area contributed by atoms with Crippen molar-refractivity contribution >= 4 is 75.4 Å². The molecule has 2 aliphatic heterocycles. The zero-order chi connectivity index (χ0) is 46.8. The average Bonchev–Trinajstić information content (AvgIpc) is 3.67. The highest BCUT2D eigenvalue weighted by Gasteiger charge is 2.71. The van der Waals surface area contributed by atoms with E-state index in [1.165, 1.54) is 0 Å². The average molecular weight is 939 g/mol. The maximum absolute atomic E-state index is 15.5. The molecule has 6 unspecified atom stereocenters. The molecule has 18 heteroatoms. The largest absolute Gasteiger partial charge is 0.504 e. The zero-order valence-corrected chi connectivity index (χ0v) is 37.0. The van der Waals surface area contributed by atoms with Gasteiger partial charge in [0.2, 0.25) is 11.8 Å². The van der Waals surface area contributed by atoms with Crippen LogP contribution in [0.5, 0.6) is 11.5 Å². The Morgan fingerprint density at radius 3 is 2.18 bits per heavy atom. The number of hydrogen-bond acceptors (Lipinski definition) is 11. The summed E-state index contributed by atoms with van der Waals surface area (Å²) in [5.41, 5.74) is 3.10. The standard InChI is InChI=1S/C48H40Cl2F3N7O6/c1-4-66-38-7-5-6-34(41(38)61)40-32-20-21-33-39(45(64)59(43(33)62)31-18-14-29(15-19-31)56-55-28-12-16-30(17-13-28)58(2)3)35(32)23-36-44(63)60(46(65)47(36,40)25-8-10-27(49)11-9-25)57-42-37(50)22-26(24-54-42)48(51,52)53/h5-20,22,24,33,35-36,39-40,61H,4,21,23H2,1-3H3,(H,54,57). The molecule has 6 atom stereocenters. The number of ether oxygens (including phenoxy) is 1. The number of carbonyl (C=O) groups excluding carboxylic acids is 4. The lowest BCUT2D eigenvalue weighted by molar-refractivity contribution is -0.139. The summed E-state index contributed by atoms with van der Waals surface area (Å²) in [5.74, 6) is -8.26. The highest BCUT2D eigenvalue weighted by molar-refractivity contribution is 6.33. The van der Waals surface area contributed by atoms with E-state index in [4.69, 9.17) is 27.9 Å². The first-order chi connectivity index (χ1) is 31.5. The van der Waals surface area contributed by atoms with Crippen molar-refractivity contribution in [2.75, 3.05) is 35.9 Å². The molecule has 3 fully saturated rings. The number of para-hydroxylation sites is 1. The van der Waals surface area contributed by atoms with Crippen LogP contribution in [0.2, 0.25) is 10.0 Å². The lowest BCUT2D eigenvalue weighted by Crippen LogP contribution is -2.53. The molecule has 13 nitrogen and oxygen atoms in total.